The summed E-state index contributed by atoms with van der Waals surface area (Å²) in [6.45, 7) is 7.86. The van der Waals surface area contributed by atoms with E-state index in [1.807, 2.05) is 33.8 Å². The molecule has 2 aliphatic heterocycles. The van der Waals surface area contributed by atoms with Gasteiger partial charge in [0, 0.05) is 13.0 Å². The maximum Gasteiger partial charge on any atom is 0.303 e. The maximum absolute atomic E-state index is 12.5. The number of amides is 1. The van der Waals surface area contributed by atoms with Gasteiger partial charge in [0.25, 0.3) is 5.91 Å². The standard InChI is InChI=1S/C16H22N2O4S2/c1-15(2)9-10(16(3,4)18(15)22)8-11-13(21)17(14(23)24-11)7-5-6-12(19)20/h8-9,22H,5-7H2,1-4H3,(H,19,20)/b11-8-. The van der Waals surface area contributed by atoms with Gasteiger partial charge in [0.15, 0.2) is 0 Å². The first-order valence-corrected chi connectivity index (χ1v) is 8.89. The summed E-state index contributed by atoms with van der Waals surface area (Å²) in [4.78, 5) is 25.1. The molecule has 2 N–H and O–H groups in total. The lowest BCUT2D eigenvalue weighted by atomic mass is 9.96. The van der Waals surface area contributed by atoms with Crippen molar-refractivity contribution in [3.05, 3.63) is 22.6 Å². The fourth-order valence-electron chi connectivity index (χ4n) is 2.90. The van der Waals surface area contributed by atoms with Crippen LogP contribution in [0.25, 0.3) is 0 Å². The second kappa shape index (κ2) is 6.59. The SMILES string of the molecule is CC1(C)C=C(/C=C2\SC(=S)N(CCCC(=O)O)C2=O)C(C)(C)N1O. The molecular formula is C16H22N2O4S2. The summed E-state index contributed by atoms with van der Waals surface area (Å²) in [5.41, 5.74) is -0.291. The van der Waals surface area contributed by atoms with Crippen LogP contribution >= 0.6 is 24.0 Å². The lowest BCUT2D eigenvalue weighted by Gasteiger charge is -2.35. The zero-order chi connectivity index (χ0) is 18.3. The Morgan fingerprint density at radius 2 is 2.00 bits per heavy atom. The fourth-order valence-corrected chi connectivity index (χ4v) is 4.20. The number of hydrogen-bond donors (Lipinski definition) is 2. The summed E-state index contributed by atoms with van der Waals surface area (Å²) in [6, 6.07) is 0. The summed E-state index contributed by atoms with van der Waals surface area (Å²) in [5.74, 6) is -1.10. The van der Waals surface area contributed by atoms with E-state index in [-0.39, 0.29) is 12.3 Å². The van der Waals surface area contributed by atoms with Gasteiger partial charge in [-0.2, -0.15) is 5.06 Å². The van der Waals surface area contributed by atoms with Crippen molar-refractivity contribution in [2.45, 2.75) is 51.6 Å². The lowest BCUT2D eigenvalue weighted by molar-refractivity contribution is -0.184. The van der Waals surface area contributed by atoms with Crippen molar-refractivity contribution in [2.24, 2.45) is 0 Å². The van der Waals surface area contributed by atoms with Crippen molar-refractivity contribution < 1.29 is 19.9 Å². The highest BCUT2D eigenvalue weighted by atomic mass is 32.2. The molecule has 0 radical (unpaired) electrons. The number of hydrogen-bond acceptors (Lipinski definition) is 6. The normalized spacial score (nSPS) is 24.8. The summed E-state index contributed by atoms with van der Waals surface area (Å²) >= 11 is 6.45. The molecule has 6 nitrogen and oxygen atoms in total. The Bertz CT molecular complexity index is 652. The molecule has 0 unspecified atom stereocenters. The van der Waals surface area contributed by atoms with Crippen molar-refractivity contribution in [2.75, 3.05) is 6.54 Å². The zero-order valence-electron chi connectivity index (χ0n) is 14.2. The van der Waals surface area contributed by atoms with Gasteiger partial charge in [0.2, 0.25) is 0 Å². The third-order valence-electron chi connectivity index (χ3n) is 4.22. The van der Waals surface area contributed by atoms with Crippen LogP contribution in [0.1, 0.15) is 40.5 Å². The minimum atomic E-state index is -0.890. The number of carboxylic acids is 1. The Morgan fingerprint density at radius 3 is 2.50 bits per heavy atom. The number of carbonyl (C=O) groups is 2. The third kappa shape index (κ3) is 3.56. The lowest BCUT2D eigenvalue weighted by Crippen LogP contribution is -2.47. The van der Waals surface area contributed by atoms with Crippen molar-refractivity contribution in [1.82, 2.24) is 9.96 Å². The molecular weight excluding hydrogens is 348 g/mol. The highest BCUT2D eigenvalue weighted by Gasteiger charge is 2.45. The molecule has 0 aliphatic carbocycles. The van der Waals surface area contributed by atoms with Gasteiger partial charge in [-0.3, -0.25) is 14.5 Å². The van der Waals surface area contributed by atoms with E-state index in [2.05, 4.69) is 0 Å². The zero-order valence-corrected chi connectivity index (χ0v) is 15.8. The smallest absolute Gasteiger partial charge is 0.303 e. The number of nitrogens with zero attached hydrogens (tertiary/aromatic N) is 2. The molecule has 1 fully saturated rings. The molecule has 24 heavy (non-hydrogen) atoms. The highest BCUT2D eigenvalue weighted by molar-refractivity contribution is 8.26. The average molecular weight is 370 g/mol. The van der Waals surface area contributed by atoms with Gasteiger partial charge < -0.3 is 10.3 Å². The topological polar surface area (TPSA) is 81.1 Å². The van der Waals surface area contributed by atoms with Crippen LogP contribution in [-0.4, -0.2) is 54.1 Å². The summed E-state index contributed by atoms with van der Waals surface area (Å²) in [7, 11) is 0. The van der Waals surface area contributed by atoms with Gasteiger partial charge in [-0.25, -0.2) is 0 Å². The van der Waals surface area contributed by atoms with Crippen molar-refractivity contribution >= 4 is 40.2 Å². The summed E-state index contributed by atoms with van der Waals surface area (Å²) in [6.07, 6.45) is 4.07. The first-order chi connectivity index (χ1) is 11.0. The second-order valence-corrected chi connectivity index (χ2v) is 8.63. The van der Waals surface area contributed by atoms with E-state index in [9.17, 15) is 14.8 Å². The number of rotatable bonds is 5. The van der Waals surface area contributed by atoms with E-state index in [1.165, 1.54) is 21.7 Å². The number of thioether (sulfide) groups is 1. The summed E-state index contributed by atoms with van der Waals surface area (Å²) < 4.78 is 0.438. The second-order valence-electron chi connectivity index (χ2n) is 6.95. The van der Waals surface area contributed by atoms with Gasteiger partial charge >= 0.3 is 5.97 Å². The van der Waals surface area contributed by atoms with Crippen molar-refractivity contribution in [1.29, 1.82) is 0 Å². The molecule has 1 saturated heterocycles. The van der Waals surface area contributed by atoms with E-state index in [0.717, 1.165) is 5.57 Å². The predicted octanol–water partition coefficient (Wildman–Crippen LogP) is 2.78. The van der Waals surface area contributed by atoms with Crippen LogP contribution in [0, 0.1) is 0 Å². The van der Waals surface area contributed by atoms with Gasteiger partial charge in [-0.05, 0) is 45.8 Å². The van der Waals surface area contributed by atoms with Crippen LogP contribution < -0.4 is 0 Å². The van der Waals surface area contributed by atoms with Crippen molar-refractivity contribution in [3.63, 3.8) is 0 Å². The van der Waals surface area contributed by atoms with Crippen LogP contribution in [0.15, 0.2) is 22.6 Å². The monoisotopic (exact) mass is 370 g/mol. The number of carbonyl (C=O) groups excluding carboxylic acids is 1. The van der Waals surface area contributed by atoms with Crippen LogP contribution in [0.4, 0.5) is 0 Å². The Kier molecular flexibility index (Phi) is 5.25. The first-order valence-electron chi connectivity index (χ1n) is 7.66. The minimum Gasteiger partial charge on any atom is -0.481 e. The maximum atomic E-state index is 12.5. The Balaban J connectivity index is 2.18. The molecule has 2 rings (SSSR count). The first kappa shape index (κ1) is 19.1. The molecule has 0 saturated carbocycles. The number of thiocarbonyl (C=S) groups is 1. The van der Waals surface area contributed by atoms with E-state index >= 15 is 0 Å². The molecule has 0 atom stereocenters. The van der Waals surface area contributed by atoms with Crippen molar-refractivity contribution in [3.8, 4) is 0 Å². The van der Waals surface area contributed by atoms with E-state index < -0.39 is 17.0 Å². The molecule has 0 aromatic carbocycles. The van der Waals surface area contributed by atoms with E-state index in [1.54, 1.807) is 6.08 Å². The van der Waals surface area contributed by atoms with Gasteiger partial charge in [0.05, 0.1) is 16.0 Å². The van der Waals surface area contributed by atoms with Crippen LogP contribution in [0.5, 0.6) is 0 Å². The minimum absolute atomic E-state index is 0.00194. The largest absolute Gasteiger partial charge is 0.481 e. The number of carboxylic acid groups (broad SMARTS) is 1. The molecule has 0 spiro atoms. The third-order valence-corrected chi connectivity index (χ3v) is 5.60. The molecule has 0 bridgehead atoms. The summed E-state index contributed by atoms with van der Waals surface area (Å²) in [5, 5.41) is 20.3. The van der Waals surface area contributed by atoms with Gasteiger partial charge in [-0.15, -0.1) is 0 Å². The van der Waals surface area contributed by atoms with Gasteiger partial charge in [-0.1, -0.05) is 30.1 Å². The quantitative estimate of drug-likeness (QED) is 0.569. The van der Waals surface area contributed by atoms with Crippen LogP contribution in [0.3, 0.4) is 0 Å². The van der Waals surface area contributed by atoms with Gasteiger partial charge in [0.1, 0.15) is 4.32 Å². The molecule has 0 aromatic rings. The average Bonchev–Trinajstić information content (AvgIpc) is 2.79. The van der Waals surface area contributed by atoms with E-state index in [4.69, 9.17) is 17.3 Å². The Hall–Kier alpha value is -1.22. The molecule has 132 valence electrons. The Morgan fingerprint density at radius 1 is 1.38 bits per heavy atom. The van der Waals surface area contributed by atoms with E-state index in [0.29, 0.717) is 22.2 Å². The van der Waals surface area contributed by atoms with Crippen LogP contribution in [-0.2, 0) is 9.59 Å². The number of hydroxylamine groups is 2. The molecule has 1 amide bonds. The molecule has 8 heteroatoms. The fraction of sp³-hybridized carbons (Fsp3) is 0.562. The molecule has 2 heterocycles. The molecule has 0 aromatic heterocycles. The highest BCUT2D eigenvalue weighted by Crippen LogP contribution is 2.41. The van der Waals surface area contributed by atoms with Crippen LogP contribution in [0.2, 0.25) is 0 Å². The predicted molar refractivity (Wildman–Crippen MR) is 96.7 cm³/mol. The molecule has 2 aliphatic rings. The Labute approximate surface area is 151 Å². The number of aliphatic carboxylic acids is 1.